The van der Waals surface area contributed by atoms with Crippen molar-refractivity contribution in [3.63, 3.8) is 0 Å². The number of aliphatic carboxylic acids is 1. The zero-order valence-electron chi connectivity index (χ0n) is 16.5. The molecule has 0 heterocycles. The van der Waals surface area contributed by atoms with Crippen LogP contribution in [0.5, 0.6) is 5.75 Å². The number of nitrogens with one attached hydrogen (secondary N) is 1. The molecule has 0 bridgehead atoms. The number of carbonyl (C=O) groups excluding carboxylic acids is 2. The average molecular weight is 453 g/mol. The molecule has 0 saturated heterocycles. The van der Waals surface area contributed by atoms with Crippen LogP contribution >= 0.6 is 23.2 Å². The number of nitrogens with zero attached hydrogens (tertiary/aromatic N) is 1. The van der Waals surface area contributed by atoms with Crippen LogP contribution in [0.4, 0.5) is 5.69 Å². The topological polar surface area (TPSA) is 95.9 Å². The lowest BCUT2D eigenvalue weighted by atomic mass is 10.1. The van der Waals surface area contributed by atoms with E-state index in [9.17, 15) is 14.4 Å². The summed E-state index contributed by atoms with van der Waals surface area (Å²) in [4.78, 5) is 37.9. The predicted octanol–water partition coefficient (Wildman–Crippen LogP) is 4.02. The first-order valence-corrected chi connectivity index (χ1v) is 9.91. The molecule has 0 saturated carbocycles. The fraction of sp³-hybridized carbons (Fsp3) is 0.286. The fourth-order valence-corrected chi connectivity index (χ4v) is 3.25. The van der Waals surface area contributed by atoms with Gasteiger partial charge in [0.05, 0.1) is 17.7 Å². The van der Waals surface area contributed by atoms with Gasteiger partial charge in [-0.3, -0.25) is 14.4 Å². The van der Waals surface area contributed by atoms with E-state index < -0.39 is 17.9 Å². The van der Waals surface area contributed by atoms with Crippen molar-refractivity contribution in [2.24, 2.45) is 0 Å². The molecule has 0 unspecified atom stereocenters. The number of carbonyl (C=O) groups is 3. The molecule has 2 rings (SSSR count). The molecule has 0 aliphatic heterocycles. The van der Waals surface area contributed by atoms with Gasteiger partial charge in [0.2, 0.25) is 5.91 Å². The Bertz CT molecular complexity index is 918. The van der Waals surface area contributed by atoms with E-state index in [-0.39, 0.29) is 35.9 Å². The smallest absolute Gasteiger partial charge is 0.303 e. The van der Waals surface area contributed by atoms with Gasteiger partial charge in [-0.15, -0.1) is 0 Å². The maximum atomic E-state index is 13.1. The fourth-order valence-electron chi connectivity index (χ4n) is 2.76. The Labute approximate surface area is 184 Å². The molecule has 2 N–H and O–H groups in total. The molecule has 0 spiro atoms. The van der Waals surface area contributed by atoms with Gasteiger partial charge < -0.3 is 20.1 Å². The van der Waals surface area contributed by atoms with Crippen molar-refractivity contribution >= 4 is 46.7 Å². The summed E-state index contributed by atoms with van der Waals surface area (Å²) in [7, 11) is 1.53. The standard InChI is InChI=1S/C21H22Cl2N2O5/c1-13(24-20(28)17-10-5-14(22)12-18(17)23)21(29)25(11-3-4-19(26)27)15-6-8-16(30-2)9-7-15/h5-10,12-13H,3-4,11H2,1-2H3,(H,24,28)(H,26,27)/t13-/m0/s1. The number of amides is 2. The lowest BCUT2D eigenvalue weighted by Gasteiger charge is -2.26. The Kier molecular flexibility index (Phi) is 8.50. The van der Waals surface area contributed by atoms with E-state index in [1.165, 1.54) is 30.2 Å². The highest BCUT2D eigenvalue weighted by Crippen LogP contribution is 2.22. The number of halogens is 2. The van der Waals surface area contributed by atoms with Crippen molar-refractivity contribution in [2.45, 2.75) is 25.8 Å². The largest absolute Gasteiger partial charge is 0.497 e. The van der Waals surface area contributed by atoms with Crippen molar-refractivity contribution in [2.75, 3.05) is 18.6 Å². The molecule has 0 aliphatic rings. The highest BCUT2D eigenvalue weighted by molar-refractivity contribution is 6.36. The van der Waals surface area contributed by atoms with Gasteiger partial charge in [-0.1, -0.05) is 23.2 Å². The molecule has 0 aliphatic carbocycles. The number of carboxylic acid groups (broad SMARTS) is 1. The minimum Gasteiger partial charge on any atom is -0.497 e. The second kappa shape index (κ2) is 10.8. The van der Waals surface area contributed by atoms with Gasteiger partial charge in [0, 0.05) is 23.7 Å². The summed E-state index contributed by atoms with van der Waals surface area (Å²) in [5.74, 6) is -1.23. The van der Waals surface area contributed by atoms with Gasteiger partial charge in [0.1, 0.15) is 11.8 Å². The summed E-state index contributed by atoms with van der Waals surface area (Å²) in [6, 6.07) is 10.4. The van der Waals surface area contributed by atoms with E-state index in [1.54, 1.807) is 31.2 Å². The number of anilines is 1. The molecule has 7 nitrogen and oxygen atoms in total. The lowest BCUT2D eigenvalue weighted by Crippen LogP contribution is -2.47. The van der Waals surface area contributed by atoms with Gasteiger partial charge in [-0.25, -0.2) is 0 Å². The van der Waals surface area contributed by atoms with E-state index in [0.717, 1.165) is 0 Å². The summed E-state index contributed by atoms with van der Waals surface area (Å²) in [6.45, 7) is 1.73. The number of hydrogen-bond acceptors (Lipinski definition) is 4. The van der Waals surface area contributed by atoms with Crippen molar-refractivity contribution in [1.82, 2.24) is 5.32 Å². The van der Waals surface area contributed by atoms with Crippen LogP contribution < -0.4 is 15.0 Å². The molecule has 1 atom stereocenters. The Morgan fingerprint density at radius 3 is 2.37 bits per heavy atom. The third kappa shape index (κ3) is 6.37. The number of ether oxygens (including phenoxy) is 1. The zero-order valence-corrected chi connectivity index (χ0v) is 18.0. The zero-order chi connectivity index (χ0) is 22.3. The first-order chi connectivity index (χ1) is 14.2. The van der Waals surface area contributed by atoms with Crippen LogP contribution in [0, 0.1) is 0 Å². The number of benzene rings is 2. The summed E-state index contributed by atoms with van der Waals surface area (Å²) in [5, 5.41) is 12.1. The molecule has 0 fully saturated rings. The van der Waals surface area contributed by atoms with E-state index in [1.807, 2.05) is 0 Å². The van der Waals surface area contributed by atoms with Crippen LogP contribution in [0.25, 0.3) is 0 Å². The molecule has 2 amide bonds. The van der Waals surface area contributed by atoms with Crippen LogP contribution in [0.1, 0.15) is 30.1 Å². The van der Waals surface area contributed by atoms with E-state index in [2.05, 4.69) is 5.32 Å². The van der Waals surface area contributed by atoms with Gasteiger partial charge in [-0.05, 0) is 55.8 Å². The van der Waals surface area contributed by atoms with Crippen molar-refractivity contribution in [3.8, 4) is 5.75 Å². The molecular weight excluding hydrogens is 431 g/mol. The molecule has 160 valence electrons. The quantitative estimate of drug-likeness (QED) is 0.598. The first kappa shape index (κ1) is 23.5. The first-order valence-electron chi connectivity index (χ1n) is 9.16. The Balaban J connectivity index is 2.17. The normalized spacial score (nSPS) is 11.5. The number of hydrogen-bond donors (Lipinski definition) is 2. The minimum absolute atomic E-state index is 0.0823. The third-order valence-corrected chi connectivity index (χ3v) is 4.86. The molecule has 0 radical (unpaired) electrons. The number of methoxy groups -OCH3 is 1. The summed E-state index contributed by atoms with van der Waals surface area (Å²) in [6.07, 6.45) is 0.178. The molecule has 9 heteroatoms. The van der Waals surface area contributed by atoms with E-state index in [0.29, 0.717) is 16.5 Å². The van der Waals surface area contributed by atoms with Crippen molar-refractivity contribution < 1.29 is 24.2 Å². The van der Waals surface area contributed by atoms with Crippen molar-refractivity contribution in [1.29, 1.82) is 0 Å². The molecule has 2 aromatic rings. The van der Waals surface area contributed by atoms with Crippen LogP contribution in [0.3, 0.4) is 0 Å². The van der Waals surface area contributed by atoms with Gasteiger partial charge in [0.25, 0.3) is 5.91 Å². The maximum absolute atomic E-state index is 13.1. The van der Waals surface area contributed by atoms with E-state index >= 15 is 0 Å². The van der Waals surface area contributed by atoms with Gasteiger partial charge >= 0.3 is 5.97 Å². The highest BCUT2D eigenvalue weighted by Gasteiger charge is 2.24. The van der Waals surface area contributed by atoms with Crippen LogP contribution in [-0.4, -0.2) is 42.6 Å². The number of rotatable bonds is 9. The van der Waals surface area contributed by atoms with Crippen LogP contribution in [0.15, 0.2) is 42.5 Å². The summed E-state index contributed by atoms with van der Waals surface area (Å²) < 4.78 is 5.13. The summed E-state index contributed by atoms with van der Waals surface area (Å²) >= 11 is 11.9. The monoisotopic (exact) mass is 452 g/mol. The van der Waals surface area contributed by atoms with E-state index in [4.69, 9.17) is 33.0 Å². The molecule has 2 aromatic carbocycles. The van der Waals surface area contributed by atoms with Crippen LogP contribution in [0.2, 0.25) is 10.0 Å². The average Bonchev–Trinajstić information content (AvgIpc) is 2.70. The molecule has 0 aromatic heterocycles. The van der Waals surface area contributed by atoms with Gasteiger partial charge in [-0.2, -0.15) is 0 Å². The van der Waals surface area contributed by atoms with Crippen LogP contribution in [-0.2, 0) is 9.59 Å². The third-order valence-electron chi connectivity index (χ3n) is 4.32. The lowest BCUT2D eigenvalue weighted by molar-refractivity contribution is -0.137. The number of carboxylic acids is 1. The maximum Gasteiger partial charge on any atom is 0.303 e. The summed E-state index contributed by atoms with van der Waals surface area (Å²) in [5.41, 5.74) is 0.763. The minimum atomic E-state index is -0.948. The van der Waals surface area contributed by atoms with Gasteiger partial charge in [0.15, 0.2) is 0 Å². The Morgan fingerprint density at radius 2 is 1.80 bits per heavy atom. The molecular formula is C21H22Cl2N2O5. The SMILES string of the molecule is COc1ccc(N(CCCC(=O)O)C(=O)[C@H](C)NC(=O)c2ccc(Cl)cc2Cl)cc1. The Morgan fingerprint density at radius 1 is 1.13 bits per heavy atom. The Hall–Kier alpha value is -2.77. The predicted molar refractivity (Wildman–Crippen MR) is 116 cm³/mol. The molecule has 30 heavy (non-hydrogen) atoms. The highest BCUT2D eigenvalue weighted by atomic mass is 35.5. The second-order valence-electron chi connectivity index (χ2n) is 6.50. The second-order valence-corrected chi connectivity index (χ2v) is 7.35. The van der Waals surface area contributed by atoms with Crippen molar-refractivity contribution in [3.05, 3.63) is 58.1 Å².